The van der Waals surface area contributed by atoms with Crippen molar-refractivity contribution in [1.29, 1.82) is 0 Å². The number of allylic oxidation sites excluding steroid dienone is 1. The van der Waals surface area contributed by atoms with Crippen molar-refractivity contribution in [1.82, 2.24) is 9.13 Å². The molecule has 11 aromatic rings. The van der Waals surface area contributed by atoms with Gasteiger partial charge in [-0.1, -0.05) is 135 Å². The minimum atomic E-state index is -0.401. The second-order valence-corrected chi connectivity index (χ2v) is 17.3. The number of aryl methyl sites for hydroxylation is 1. The third-order valence-corrected chi connectivity index (χ3v) is 14.8. The Bertz CT molecular complexity index is 3590. The van der Waals surface area contributed by atoms with Gasteiger partial charge in [0.1, 0.15) is 0 Å². The smallest absolute Gasteiger partial charge is 0.0726 e. The molecule has 0 bridgehead atoms. The van der Waals surface area contributed by atoms with E-state index in [-0.39, 0.29) is 0 Å². The minimum absolute atomic E-state index is 0.401. The van der Waals surface area contributed by atoms with Gasteiger partial charge in [0, 0.05) is 42.5 Å². The largest absolute Gasteiger partial charge is 0.309 e. The van der Waals surface area contributed by atoms with Crippen molar-refractivity contribution in [2.45, 2.75) is 32.1 Å². The van der Waals surface area contributed by atoms with Gasteiger partial charge >= 0.3 is 0 Å². The number of hydrogen-bond acceptors (Lipinski definition) is 2. The summed E-state index contributed by atoms with van der Waals surface area (Å²) in [7, 11) is 0. The monoisotopic (exact) mass is 832 g/mol. The molecule has 3 aromatic heterocycles. The van der Waals surface area contributed by atoms with Crippen LogP contribution in [0.1, 0.15) is 53.0 Å². The molecule has 0 N–H and O–H groups in total. The molecule has 0 saturated heterocycles. The number of thiol groups is 1. The Hall–Kier alpha value is -6.59. The van der Waals surface area contributed by atoms with Crippen LogP contribution in [0.3, 0.4) is 0 Å². The Morgan fingerprint density at radius 2 is 1.05 bits per heavy atom. The third kappa shape index (κ3) is 4.82. The van der Waals surface area contributed by atoms with Crippen LogP contribution in [0.5, 0.6) is 0 Å². The first kappa shape index (κ1) is 37.2. The molecule has 0 atom stereocenters. The summed E-state index contributed by atoms with van der Waals surface area (Å²) in [5.74, 6) is 0. The zero-order valence-corrected chi connectivity index (χ0v) is 36.7. The fraction of sp³-hybridized carbons (Fsp3) is 0.103. The molecule has 298 valence electrons. The second kappa shape index (κ2) is 14.2. The highest BCUT2D eigenvalue weighted by molar-refractivity contribution is 7.79. The molecule has 0 saturated carbocycles. The first-order chi connectivity index (χ1) is 30.8. The normalized spacial score (nSPS) is 13.7. The molecule has 0 radical (unpaired) electrons. The Kier molecular flexibility index (Phi) is 8.54. The Morgan fingerprint density at radius 1 is 0.468 bits per heavy atom. The van der Waals surface area contributed by atoms with Gasteiger partial charge in [-0.2, -0.15) is 12.6 Å². The van der Waals surface area contributed by atoms with Crippen LogP contribution in [-0.4, -0.2) is 15.4 Å². The molecule has 0 amide bonds. The van der Waals surface area contributed by atoms with E-state index >= 15 is 0 Å². The summed E-state index contributed by atoms with van der Waals surface area (Å²) in [6.07, 6.45) is 8.60. The summed E-state index contributed by atoms with van der Waals surface area (Å²) >= 11 is 5.49. The molecule has 3 heterocycles. The van der Waals surface area contributed by atoms with Crippen LogP contribution in [0.15, 0.2) is 176 Å². The molecule has 0 aliphatic heterocycles. The standard InChI is InChI=1S/C55H34N2S.C2H6.CH4S/c1-2-14-33(15-3-1)56-49-28-26-34(57-48-24-12-7-20-40(48)53-50(57)29-27-39-38-19-8-13-25-52(38)58-54(39)53)30-42(49)43-31-41-37-18-6-11-23-46(37)55(47(41)32-51(43)56)44-21-9-4-16-35(44)36-17-5-10-22-45(36)55;2*1-2/h1-7,9-18,20-32H,8,19H2;1-2H3;2H,1H3. The van der Waals surface area contributed by atoms with Gasteiger partial charge in [0.2, 0.25) is 0 Å². The zero-order valence-electron chi connectivity index (χ0n) is 35.0. The molecule has 14 rings (SSSR count). The molecule has 4 heteroatoms. The van der Waals surface area contributed by atoms with E-state index in [0.29, 0.717) is 0 Å². The van der Waals surface area contributed by atoms with Gasteiger partial charge in [-0.05, 0) is 135 Å². The van der Waals surface area contributed by atoms with Gasteiger partial charge in [0.05, 0.1) is 27.5 Å². The van der Waals surface area contributed by atoms with E-state index in [1.807, 2.05) is 25.2 Å². The Morgan fingerprint density at radius 3 is 1.77 bits per heavy atom. The predicted molar refractivity (Wildman–Crippen MR) is 270 cm³/mol. The van der Waals surface area contributed by atoms with Crippen molar-refractivity contribution < 1.29 is 0 Å². The first-order valence-electron chi connectivity index (χ1n) is 21.9. The van der Waals surface area contributed by atoms with Gasteiger partial charge in [0.15, 0.2) is 0 Å². The number of nitrogens with zero attached hydrogens (tertiary/aromatic N) is 2. The van der Waals surface area contributed by atoms with E-state index in [9.17, 15) is 0 Å². The van der Waals surface area contributed by atoms with Gasteiger partial charge in [0.25, 0.3) is 0 Å². The van der Waals surface area contributed by atoms with Crippen molar-refractivity contribution in [2.75, 3.05) is 6.26 Å². The van der Waals surface area contributed by atoms with Crippen LogP contribution in [0, 0.1) is 0 Å². The highest BCUT2D eigenvalue weighted by Crippen LogP contribution is 2.63. The summed E-state index contributed by atoms with van der Waals surface area (Å²) in [4.78, 5) is 1.42. The maximum absolute atomic E-state index is 3.53. The second-order valence-electron chi connectivity index (χ2n) is 16.2. The van der Waals surface area contributed by atoms with Gasteiger partial charge in [-0.15, -0.1) is 11.3 Å². The molecule has 2 nitrogen and oxygen atoms in total. The number of aromatic nitrogens is 2. The lowest BCUT2D eigenvalue weighted by atomic mass is 9.70. The lowest BCUT2D eigenvalue weighted by Gasteiger charge is -2.30. The van der Waals surface area contributed by atoms with Crippen LogP contribution < -0.4 is 0 Å². The SMILES string of the molecule is C1=Cc2sc3c(ccc4c3c3ccccc3n4-c3ccc4c(c3)c3cc5c(cc3n4-c3ccccc3)C3(c4ccccc4-c4ccccc43)c3ccccc3-5)c2CC1.CC.CS. The lowest BCUT2D eigenvalue weighted by Crippen LogP contribution is -2.25. The van der Waals surface area contributed by atoms with Crippen molar-refractivity contribution in [3.8, 4) is 33.6 Å². The van der Waals surface area contributed by atoms with Gasteiger partial charge < -0.3 is 9.13 Å². The molecule has 8 aromatic carbocycles. The average molecular weight is 833 g/mol. The molecule has 3 aliphatic carbocycles. The van der Waals surface area contributed by atoms with Crippen molar-refractivity contribution in [3.63, 3.8) is 0 Å². The van der Waals surface area contributed by atoms with E-state index in [2.05, 4.69) is 204 Å². The topological polar surface area (TPSA) is 9.86 Å². The molecular weight excluding hydrogens is 789 g/mol. The number of fused-ring (bicyclic) bond motifs is 20. The van der Waals surface area contributed by atoms with Gasteiger partial charge in [-0.25, -0.2) is 0 Å². The van der Waals surface area contributed by atoms with E-state index in [4.69, 9.17) is 0 Å². The number of benzene rings is 8. The van der Waals surface area contributed by atoms with Crippen molar-refractivity contribution in [3.05, 3.63) is 209 Å². The van der Waals surface area contributed by atoms with Crippen LogP contribution in [0.2, 0.25) is 0 Å². The van der Waals surface area contributed by atoms with Crippen LogP contribution >= 0.6 is 24.0 Å². The molecule has 0 fully saturated rings. The number of thiophene rings is 1. The Labute approximate surface area is 371 Å². The van der Waals surface area contributed by atoms with E-state index in [1.165, 1.54) is 120 Å². The highest BCUT2D eigenvalue weighted by Gasteiger charge is 2.51. The number of hydrogen-bond donors (Lipinski definition) is 1. The summed E-state index contributed by atoms with van der Waals surface area (Å²) in [6.45, 7) is 4.00. The summed E-state index contributed by atoms with van der Waals surface area (Å²) in [6, 6.07) is 64.3. The number of rotatable bonds is 2. The molecular formula is C58H44N2S2. The van der Waals surface area contributed by atoms with Crippen molar-refractivity contribution >= 4 is 83.7 Å². The molecule has 0 unspecified atom stereocenters. The third-order valence-electron chi connectivity index (χ3n) is 13.6. The Balaban J connectivity index is 0.000000999. The van der Waals surface area contributed by atoms with Crippen LogP contribution in [0.25, 0.3) is 93.4 Å². The highest BCUT2D eigenvalue weighted by atomic mass is 32.1. The molecule has 62 heavy (non-hydrogen) atoms. The van der Waals surface area contributed by atoms with E-state index in [0.717, 1.165) is 12.8 Å². The summed E-state index contributed by atoms with van der Waals surface area (Å²) < 4.78 is 6.41. The number of para-hydroxylation sites is 2. The first-order valence-corrected chi connectivity index (χ1v) is 23.6. The van der Waals surface area contributed by atoms with E-state index < -0.39 is 5.41 Å². The maximum atomic E-state index is 3.53. The predicted octanol–water partition coefficient (Wildman–Crippen LogP) is 16.0. The minimum Gasteiger partial charge on any atom is -0.309 e. The maximum Gasteiger partial charge on any atom is 0.0726 e. The fourth-order valence-electron chi connectivity index (χ4n) is 11.4. The lowest BCUT2D eigenvalue weighted by molar-refractivity contribution is 0.794. The quantitative estimate of drug-likeness (QED) is 0.166. The zero-order chi connectivity index (χ0) is 41.7. The van der Waals surface area contributed by atoms with Crippen LogP contribution in [-0.2, 0) is 11.8 Å². The van der Waals surface area contributed by atoms with E-state index in [1.54, 1.807) is 6.26 Å². The van der Waals surface area contributed by atoms with Crippen LogP contribution in [0.4, 0.5) is 0 Å². The molecule has 1 spiro atoms. The van der Waals surface area contributed by atoms with Crippen molar-refractivity contribution in [2.24, 2.45) is 0 Å². The molecule has 3 aliphatic rings. The van der Waals surface area contributed by atoms with Gasteiger partial charge in [-0.3, -0.25) is 0 Å². The summed E-state index contributed by atoms with van der Waals surface area (Å²) in [5.41, 5.74) is 19.2. The summed E-state index contributed by atoms with van der Waals surface area (Å²) in [5, 5.41) is 6.62. The fourth-order valence-corrected chi connectivity index (χ4v) is 12.7. The average Bonchev–Trinajstić information content (AvgIpc) is 4.13.